The van der Waals surface area contributed by atoms with Gasteiger partial charge in [0.2, 0.25) is 0 Å². The van der Waals surface area contributed by atoms with E-state index in [9.17, 15) is 4.79 Å². The van der Waals surface area contributed by atoms with E-state index in [-0.39, 0.29) is 5.91 Å². The number of rotatable bonds is 6. The minimum absolute atomic E-state index is 0.0545. The minimum Gasteiger partial charge on any atom is -0.352 e. The summed E-state index contributed by atoms with van der Waals surface area (Å²) in [7, 11) is 0. The number of pyridine rings is 1. The third-order valence-electron chi connectivity index (χ3n) is 5.22. The van der Waals surface area contributed by atoms with Crippen molar-refractivity contribution in [2.24, 2.45) is 5.92 Å². The van der Waals surface area contributed by atoms with Crippen LogP contribution >= 0.6 is 0 Å². The first-order valence-corrected chi connectivity index (χ1v) is 9.67. The number of carbonyl (C=O) groups is 1. The predicted octanol–water partition coefficient (Wildman–Crippen LogP) is 2.85. The van der Waals surface area contributed by atoms with Crippen molar-refractivity contribution in [3.05, 3.63) is 48.2 Å². The molecule has 0 radical (unpaired) electrons. The topological polar surface area (TPSA) is 71.8 Å². The third-order valence-corrected chi connectivity index (χ3v) is 5.22. The quantitative estimate of drug-likeness (QED) is 0.706. The molecule has 27 heavy (non-hydrogen) atoms. The Morgan fingerprint density at radius 1 is 1.33 bits per heavy atom. The standard InChI is InChI=1S/C21H25N5O/c1-2-26-20-18(14-24-26)17(12-19(25-20)16-6-4-3-5-7-16)21(27)23-11-9-15-8-10-22-13-15/h3-7,12,14-15,22H,2,8-11,13H2,1H3,(H,23,27). The molecule has 1 unspecified atom stereocenters. The van der Waals surface area contributed by atoms with Crippen molar-refractivity contribution in [2.45, 2.75) is 26.3 Å². The van der Waals surface area contributed by atoms with Gasteiger partial charge in [0.25, 0.3) is 5.91 Å². The maximum atomic E-state index is 12.9. The summed E-state index contributed by atoms with van der Waals surface area (Å²) in [6.07, 6.45) is 3.94. The summed E-state index contributed by atoms with van der Waals surface area (Å²) in [5.41, 5.74) is 3.19. The Balaban J connectivity index is 1.63. The van der Waals surface area contributed by atoms with Crippen molar-refractivity contribution in [3.8, 4) is 11.3 Å². The van der Waals surface area contributed by atoms with Crippen molar-refractivity contribution in [2.75, 3.05) is 19.6 Å². The van der Waals surface area contributed by atoms with E-state index in [0.717, 1.165) is 41.8 Å². The van der Waals surface area contributed by atoms with Crippen LogP contribution in [0.15, 0.2) is 42.6 Å². The summed E-state index contributed by atoms with van der Waals surface area (Å²) in [5, 5.41) is 11.7. The molecule has 1 aliphatic heterocycles. The lowest BCUT2D eigenvalue weighted by atomic mass is 10.0. The molecular weight excluding hydrogens is 338 g/mol. The van der Waals surface area contributed by atoms with E-state index in [1.807, 2.05) is 48.0 Å². The second-order valence-electron chi connectivity index (χ2n) is 7.02. The van der Waals surface area contributed by atoms with Crippen LogP contribution in [0, 0.1) is 5.92 Å². The van der Waals surface area contributed by atoms with Crippen LogP contribution in [-0.2, 0) is 6.54 Å². The van der Waals surface area contributed by atoms with Gasteiger partial charge in [0, 0.05) is 18.7 Å². The van der Waals surface area contributed by atoms with Gasteiger partial charge in [0.1, 0.15) is 0 Å². The van der Waals surface area contributed by atoms with Crippen LogP contribution in [0.2, 0.25) is 0 Å². The Morgan fingerprint density at radius 3 is 2.93 bits per heavy atom. The van der Waals surface area contributed by atoms with E-state index in [1.54, 1.807) is 6.20 Å². The molecule has 0 aliphatic carbocycles. The van der Waals surface area contributed by atoms with Gasteiger partial charge in [-0.15, -0.1) is 0 Å². The number of amides is 1. The van der Waals surface area contributed by atoms with Crippen molar-refractivity contribution < 1.29 is 4.79 Å². The van der Waals surface area contributed by atoms with Gasteiger partial charge in [-0.2, -0.15) is 5.10 Å². The van der Waals surface area contributed by atoms with Gasteiger partial charge in [-0.05, 0) is 44.8 Å². The third kappa shape index (κ3) is 3.71. The van der Waals surface area contributed by atoms with Gasteiger partial charge in [0.05, 0.1) is 22.8 Å². The fourth-order valence-corrected chi connectivity index (χ4v) is 3.67. The Hall–Kier alpha value is -2.73. The zero-order valence-corrected chi connectivity index (χ0v) is 15.6. The van der Waals surface area contributed by atoms with Crippen LogP contribution in [0.1, 0.15) is 30.1 Å². The normalized spacial score (nSPS) is 16.7. The molecule has 2 aromatic heterocycles. The highest BCUT2D eigenvalue weighted by molar-refractivity contribution is 6.06. The molecule has 1 saturated heterocycles. The number of hydrogen-bond donors (Lipinski definition) is 2. The first kappa shape index (κ1) is 17.7. The molecule has 3 heterocycles. The minimum atomic E-state index is -0.0545. The average molecular weight is 363 g/mol. The first-order valence-electron chi connectivity index (χ1n) is 9.67. The van der Waals surface area contributed by atoms with Crippen LogP contribution in [0.25, 0.3) is 22.3 Å². The van der Waals surface area contributed by atoms with Crippen LogP contribution in [-0.4, -0.2) is 40.3 Å². The van der Waals surface area contributed by atoms with E-state index < -0.39 is 0 Å². The van der Waals surface area contributed by atoms with Gasteiger partial charge >= 0.3 is 0 Å². The van der Waals surface area contributed by atoms with Gasteiger partial charge < -0.3 is 10.6 Å². The predicted molar refractivity (Wildman–Crippen MR) is 107 cm³/mol. The first-order chi connectivity index (χ1) is 13.3. The summed E-state index contributed by atoms with van der Waals surface area (Å²) in [4.78, 5) is 17.7. The molecule has 140 valence electrons. The smallest absolute Gasteiger partial charge is 0.252 e. The lowest BCUT2D eigenvalue weighted by Crippen LogP contribution is -2.26. The summed E-state index contributed by atoms with van der Waals surface area (Å²) in [6.45, 7) is 5.57. The molecule has 0 spiro atoms. The number of benzene rings is 1. The fourth-order valence-electron chi connectivity index (χ4n) is 3.67. The largest absolute Gasteiger partial charge is 0.352 e. The molecule has 1 aromatic carbocycles. The van der Waals surface area contributed by atoms with Crippen LogP contribution in [0.4, 0.5) is 0 Å². The molecular formula is C21H25N5O. The summed E-state index contributed by atoms with van der Waals surface area (Å²) < 4.78 is 1.84. The lowest BCUT2D eigenvalue weighted by Gasteiger charge is -2.11. The lowest BCUT2D eigenvalue weighted by molar-refractivity contribution is 0.0953. The highest BCUT2D eigenvalue weighted by Gasteiger charge is 2.18. The molecule has 2 N–H and O–H groups in total. The summed E-state index contributed by atoms with van der Waals surface area (Å²) >= 11 is 0. The van der Waals surface area contributed by atoms with Gasteiger partial charge in [0.15, 0.2) is 5.65 Å². The number of hydrogen-bond acceptors (Lipinski definition) is 4. The molecule has 0 saturated carbocycles. The summed E-state index contributed by atoms with van der Waals surface area (Å²) in [6, 6.07) is 11.8. The highest BCUT2D eigenvalue weighted by atomic mass is 16.1. The molecule has 4 rings (SSSR count). The molecule has 0 bridgehead atoms. The van der Waals surface area contributed by atoms with Crippen LogP contribution in [0.5, 0.6) is 0 Å². The Bertz CT molecular complexity index is 928. The van der Waals surface area contributed by atoms with E-state index >= 15 is 0 Å². The zero-order chi connectivity index (χ0) is 18.6. The second kappa shape index (κ2) is 7.88. The SMILES string of the molecule is CCn1ncc2c(C(=O)NCCC3CCNC3)cc(-c3ccccc3)nc21. The molecule has 3 aromatic rings. The highest BCUT2D eigenvalue weighted by Crippen LogP contribution is 2.25. The molecule has 1 aliphatic rings. The number of nitrogens with one attached hydrogen (secondary N) is 2. The maximum absolute atomic E-state index is 12.9. The number of fused-ring (bicyclic) bond motifs is 1. The van der Waals surface area contributed by atoms with E-state index in [0.29, 0.717) is 24.6 Å². The van der Waals surface area contributed by atoms with E-state index in [2.05, 4.69) is 15.7 Å². The second-order valence-corrected chi connectivity index (χ2v) is 7.02. The van der Waals surface area contributed by atoms with Crippen molar-refractivity contribution in [3.63, 3.8) is 0 Å². The number of aromatic nitrogens is 3. The van der Waals surface area contributed by atoms with Gasteiger partial charge in [-0.3, -0.25) is 4.79 Å². The van der Waals surface area contributed by atoms with Gasteiger partial charge in [-0.1, -0.05) is 30.3 Å². The van der Waals surface area contributed by atoms with E-state index in [4.69, 9.17) is 4.98 Å². The average Bonchev–Trinajstić information content (AvgIpc) is 3.37. The fraction of sp³-hybridized carbons (Fsp3) is 0.381. The van der Waals surface area contributed by atoms with Gasteiger partial charge in [-0.25, -0.2) is 9.67 Å². The zero-order valence-electron chi connectivity index (χ0n) is 15.6. The number of carbonyl (C=O) groups excluding carboxylic acids is 1. The molecule has 6 nitrogen and oxygen atoms in total. The molecule has 1 atom stereocenters. The molecule has 1 amide bonds. The van der Waals surface area contributed by atoms with Crippen molar-refractivity contribution >= 4 is 16.9 Å². The Labute approximate surface area is 159 Å². The number of aryl methyl sites for hydroxylation is 1. The maximum Gasteiger partial charge on any atom is 0.252 e. The Morgan fingerprint density at radius 2 is 2.19 bits per heavy atom. The van der Waals surface area contributed by atoms with Crippen LogP contribution in [0.3, 0.4) is 0 Å². The monoisotopic (exact) mass is 363 g/mol. The molecule has 6 heteroatoms. The van der Waals surface area contributed by atoms with E-state index in [1.165, 1.54) is 6.42 Å². The summed E-state index contributed by atoms with van der Waals surface area (Å²) in [5.74, 6) is 0.603. The molecule has 1 fully saturated rings. The van der Waals surface area contributed by atoms with Crippen molar-refractivity contribution in [1.82, 2.24) is 25.4 Å². The number of nitrogens with zero attached hydrogens (tertiary/aromatic N) is 3. The van der Waals surface area contributed by atoms with Crippen LogP contribution < -0.4 is 10.6 Å². The van der Waals surface area contributed by atoms with Crippen molar-refractivity contribution in [1.29, 1.82) is 0 Å². The Kier molecular flexibility index (Phi) is 5.16.